The molecule has 2 nitrogen and oxygen atoms in total. The third-order valence-electron chi connectivity index (χ3n) is 5.57. The maximum Gasteiger partial charge on any atom is 0.0398 e. The number of allylic oxidation sites excluding steroid dienone is 3. The van der Waals surface area contributed by atoms with E-state index in [-0.39, 0.29) is 0 Å². The Morgan fingerprint density at radius 1 is 0.818 bits per heavy atom. The molecule has 1 saturated carbocycles. The molecule has 0 N–H and O–H groups in total. The van der Waals surface area contributed by atoms with Crippen LogP contribution < -0.4 is 0 Å². The largest absolute Gasteiger partial charge is 0.296 e. The normalized spacial score (nSPS) is 14.7. The lowest BCUT2D eigenvalue weighted by molar-refractivity contribution is 0.612. The van der Waals surface area contributed by atoms with E-state index in [9.17, 15) is 0 Å². The zero-order valence-corrected chi connectivity index (χ0v) is 22.2. The highest BCUT2D eigenvalue weighted by atomic mass is 14.7. The summed E-state index contributed by atoms with van der Waals surface area (Å²) in [7, 11) is 3.64. The van der Waals surface area contributed by atoms with Crippen molar-refractivity contribution in [2.45, 2.75) is 67.2 Å². The maximum atomic E-state index is 4.43. The van der Waals surface area contributed by atoms with Crippen molar-refractivity contribution in [1.29, 1.82) is 0 Å². The first kappa shape index (κ1) is 28.3. The van der Waals surface area contributed by atoms with Gasteiger partial charge in [-0.2, -0.15) is 0 Å². The number of aryl methyl sites for hydroxylation is 2. The fraction of sp³-hybridized carbons (Fsp3) is 0.419. The fourth-order valence-corrected chi connectivity index (χ4v) is 3.67. The van der Waals surface area contributed by atoms with Gasteiger partial charge >= 0.3 is 0 Å². The Morgan fingerprint density at radius 3 is 1.58 bits per heavy atom. The summed E-state index contributed by atoms with van der Waals surface area (Å²) in [6.07, 6.45) is 7.87. The quantitative estimate of drug-likeness (QED) is 0.256. The monoisotopic (exact) mass is 444 g/mol. The molecule has 2 aromatic carbocycles. The van der Waals surface area contributed by atoms with Gasteiger partial charge in [-0.05, 0) is 51.7 Å². The van der Waals surface area contributed by atoms with Crippen LogP contribution in [-0.4, -0.2) is 26.0 Å². The average molecular weight is 445 g/mol. The van der Waals surface area contributed by atoms with Gasteiger partial charge in [-0.1, -0.05) is 97.8 Å². The molecule has 1 fully saturated rings. The molecule has 0 bridgehead atoms. The summed E-state index contributed by atoms with van der Waals surface area (Å²) in [4.78, 5) is 8.71. The van der Waals surface area contributed by atoms with E-state index in [0.29, 0.717) is 0 Å². The van der Waals surface area contributed by atoms with Gasteiger partial charge in [-0.15, -0.1) is 6.58 Å². The number of nitrogens with zero attached hydrogens (tertiary/aromatic N) is 2. The first-order chi connectivity index (χ1) is 15.7. The molecule has 0 atom stereocenters. The molecule has 1 aliphatic rings. The first-order valence-corrected chi connectivity index (χ1v) is 12.1. The van der Waals surface area contributed by atoms with Crippen LogP contribution in [0.5, 0.6) is 0 Å². The smallest absolute Gasteiger partial charge is 0.0398 e. The van der Waals surface area contributed by atoms with Gasteiger partial charge in [0.2, 0.25) is 0 Å². The Morgan fingerprint density at radius 2 is 1.24 bits per heavy atom. The molecular formula is C31H44N2. The second-order valence-electron chi connectivity index (χ2n) is 9.31. The molecule has 0 unspecified atom stereocenters. The van der Waals surface area contributed by atoms with Crippen molar-refractivity contribution >= 4 is 23.1 Å². The Bertz CT molecular complexity index is 931. The predicted octanol–water partition coefficient (Wildman–Crippen LogP) is 8.78. The highest BCUT2D eigenvalue weighted by molar-refractivity contribution is 6.37. The molecule has 1 aliphatic carbocycles. The number of aliphatic imine (C=N–C) groups is 2. The van der Waals surface area contributed by atoms with Crippen molar-refractivity contribution in [1.82, 2.24) is 0 Å². The van der Waals surface area contributed by atoms with Gasteiger partial charge in [0.1, 0.15) is 0 Å². The summed E-state index contributed by atoms with van der Waals surface area (Å²) in [5, 5.41) is 0. The van der Waals surface area contributed by atoms with E-state index < -0.39 is 0 Å². The van der Waals surface area contributed by atoms with Crippen molar-refractivity contribution in [3.05, 3.63) is 82.9 Å². The zero-order chi connectivity index (χ0) is 24.8. The molecule has 0 radical (unpaired) electrons. The van der Waals surface area contributed by atoms with E-state index in [2.05, 4.69) is 85.9 Å². The number of hydrogen-bond acceptors (Lipinski definition) is 2. The molecule has 33 heavy (non-hydrogen) atoms. The summed E-state index contributed by atoms with van der Waals surface area (Å²) in [5.41, 5.74) is 9.21. The standard InChI is InChI=1S/C21H24N2.C6H12.C4H8/c1-15-6-10-18(11-7-15)20(14-22-4)21(17(3)23-5)19-12-8-16(2)9-13-19;1-6-4-2-3-5-6;1-4(2)3/h6-14H,1-5H3;6H,2-5H2,1H3;1H2,2-3H3/b21-20-,22-14?,23-17?;;. The van der Waals surface area contributed by atoms with Gasteiger partial charge in [-0.25, -0.2) is 0 Å². The van der Waals surface area contributed by atoms with E-state index in [1.54, 1.807) is 7.05 Å². The lowest BCUT2D eigenvalue weighted by Crippen LogP contribution is -2.03. The van der Waals surface area contributed by atoms with Crippen molar-refractivity contribution < 1.29 is 0 Å². The summed E-state index contributed by atoms with van der Waals surface area (Å²) in [5.74, 6) is 1.05. The van der Waals surface area contributed by atoms with E-state index >= 15 is 0 Å². The first-order valence-electron chi connectivity index (χ1n) is 12.1. The second-order valence-corrected chi connectivity index (χ2v) is 9.31. The number of benzene rings is 2. The Kier molecular flexibility index (Phi) is 13.0. The fourth-order valence-electron chi connectivity index (χ4n) is 3.67. The van der Waals surface area contributed by atoms with Crippen LogP contribution in [0, 0.1) is 19.8 Å². The molecule has 2 aromatic rings. The van der Waals surface area contributed by atoms with E-state index in [1.165, 1.54) is 42.4 Å². The van der Waals surface area contributed by atoms with Gasteiger partial charge in [0, 0.05) is 37.2 Å². The number of hydrogen-bond donors (Lipinski definition) is 0. The Labute approximate surface area is 203 Å². The minimum absolute atomic E-state index is 1.00. The molecule has 2 heteroatoms. The number of rotatable bonds is 4. The van der Waals surface area contributed by atoms with Crippen LogP contribution in [0.25, 0.3) is 11.1 Å². The van der Waals surface area contributed by atoms with Crippen LogP contribution in [-0.2, 0) is 0 Å². The molecule has 0 saturated heterocycles. The molecule has 0 heterocycles. The van der Waals surface area contributed by atoms with Crippen LogP contribution in [0.1, 0.15) is 75.6 Å². The van der Waals surface area contributed by atoms with E-state index in [4.69, 9.17) is 0 Å². The van der Waals surface area contributed by atoms with Crippen molar-refractivity contribution in [3.63, 3.8) is 0 Å². The maximum absolute atomic E-state index is 4.43. The highest BCUT2D eigenvalue weighted by Crippen LogP contribution is 2.27. The summed E-state index contributed by atoms with van der Waals surface area (Å²) < 4.78 is 0. The predicted molar refractivity (Wildman–Crippen MR) is 151 cm³/mol. The average Bonchev–Trinajstić information content (AvgIpc) is 3.26. The Hall–Kier alpha value is -2.74. The molecule has 178 valence electrons. The lowest BCUT2D eigenvalue weighted by atomic mass is 9.91. The molecule has 3 rings (SSSR count). The third-order valence-corrected chi connectivity index (χ3v) is 5.57. The van der Waals surface area contributed by atoms with Crippen LogP contribution in [0.3, 0.4) is 0 Å². The topological polar surface area (TPSA) is 24.7 Å². The van der Waals surface area contributed by atoms with Crippen molar-refractivity contribution in [2.24, 2.45) is 15.9 Å². The van der Waals surface area contributed by atoms with Crippen LogP contribution in [0.15, 0.2) is 70.7 Å². The Balaban J connectivity index is 0.000000450. The van der Waals surface area contributed by atoms with E-state index in [0.717, 1.165) is 33.9 Å². The molecular weight excluding hydrogens is 400 g/mol. The van der Waals surface area contributed by atoms with Gasteiger partial charge in [0.05, 0.1) is 0 Å². The molecule has 0 spiro atoms. The van der Waals surface area contributed by atoms with Crippen molar-refractivity contribution in [3.8, 4) is 0 Å². The zero-order valence-electron chi connectivity index (χ0n) is 22.2. The van der Waals surface area contributed by atoms with Crippen molar-refractivity contribution in [2.75, 3.05) is 14.1 Å². The van der Waals surface area contributed by atoms with Gasteiger partial charge < -0.3 is 0 Å². The van der Waals surface area contributed by atoms with Crippen LogP contribution in [0.2, 0.25) is 0 Å². The highest BCUT2D eigenvalue weighted by Gasteiger charge is 2.13. The van der Waals surface area contributed by atoms with Gasteiger partial charge in [0.15, 0.2) is 0 Å². The van der Waals surface area contributed by atoms with E-state index in [1.807, 2.05) is 34.0 Å². The third kappa shape index (κ3) is 10.6. The summed E-state index contributed by atoms with van der Waals surface area (Å²) >= 11 is 0. The summed E-state index contributed by atoms with van der Waals surface area (Å²) in [6.45, 7) is 16.1. The minimum atomic E-state index is 1.00. The molecule has 0 aromatic heterocycles. The van der Waals surface area contributed by atoms with Gasteiger partial charge in [-0.3, -0.25) is 9.98 Å². The van der Waals surface area contributed by atoms with Crippen LogP contribution in [0.4, 0.5) is 0 Å². The van der Waals surface area contributed by atoms with Gasteiger partial charge in [0.25, 0.3) is 0 Å². The lowest BCUT2D eigenvalue weighted by Gasteiger charge is -2.14. The van der Waals surface area contributed by atoms with Crippen LogP contribution >= 0.6 is 0 Å². The molecule has 0 amide bonds. The summed E-state index contributed by atoms with van der Waals surface area (Å²) in [6, 6.07) is 17.1. The second kappa shape index (κ2) is 15.2. The molecule has 0 aliphatic heterocycles. The minimum Gasteiger partial charge on any atom is -0.296 e. The SMILES string of the molecule is C=C(C)C.CC1CCCC1.CN=C/C(=C(\C(C)=NC)c1ccc(C)cc1)c1ccc(C)cc1.